The smallest absolute Gasteiger partial charge is 0.0749 e. The lowest BCUT2D eigenvalue weighted by atomic mass is 9.89. The zero-order valence-corrected chi connectivity index (χ0v) is 9.58. The van der Waals surface area contributed by atoms with Gasteiger partial charge in [0.1, 0.15) is 0 Å². The summed E-state index contributed by atoms with van der Waals surface area (Å²) in [7, 11) is 0. The molecule has 0 aliphatic carbocycles. The van der Waals surface area contributed by atoms with Crippen LogP contribution >= 0.6 is 0 Å². The number of hydrogen-bond donors (Lipinski definition) is 1. The fourth-order valence-electron chi connectivity index (χ4n) is 1.66. The Kier molecular flexibility index (Phi) is 4.35. The third-order valence-corrected chi connectivity index (χ3v) is 2.71. The number of rotatable bonds is 3. The highest BCUT2D eigenvalue weighted by molar-refractivity contribution is 4.77. The van der Waals surface area contributed by atoms with Gasteiger partial charge < -0.3 is 15.2 Å². The van der Waals surface area contributed by atoms with E-state index in [-0.39, 0.29) is 11.5 Å². The topological polar surface area (TPSA) is 44.5 Å². The van der Waals surface area contributed by atoms with Crippen molar-refractivity contribution in [3.8, 4) is 0 Å². The Morgan fingerprint density at radius 1 is 1.36 bits per heavy atom. The van der Waals surface area contributed by atoms with Gasteiger partial charge in [0.25, 0.3) is 0 Å². The highest BCUT2D eigenvalue weighted by Gasteiger charge is 2.27. The van der Waals surface area contributed by atoms with Gasteiger partial charge in [-0.1, -0.05) is 20.8 Å². The van der Waals surface area contributed by atoms with Crippen LogP contribution < -0.4 is 5.73 Å². The minimum atomic E-state index is 0.132. The molecule has 0 radical (unpaired) electrons. The average Bonchev–Trinajstić information content (AvgIpc) is 2.14. The van der Waals surface area contributed by atoms with Crippen LogP contribution in [0.5, 0.6) is 0 Å². The zero-order chi connectivity index (χ0) is 10.6. The van der Waals surface area contributed by atoms with Gasteiger partial charge in [-0.15, -0.1) is 0 Å². The Labute approximate surface area is 86.9 Å². The molecule has 0 aromatic rings. The van der Waals surface area contributed by atoms with E-state index in [2.05, 4.69) is 20.8 Å². The lowest BCUT2D eigenvalue weighted by Gasteiger charge is -2.34. The minimum Gasteiger partial charge on any atom is -0.381 e. The average molecular weight is 201 g/mol. The third-order valence-electron chi connectivity index (χ3n) is 2.71. The molecule has 1 unspecified atom stereocenters. The highest BCUT2D eigenvalue weighted by atomic mass is 16.5. The van der Waals surface area contributed by atoms with E-state index < -0.39 is 0 Å². The number of hydrogen-bond acceptors (Lipinski definition) is 3. The van der Waals surface area contributed by atoms with Crippen molar-refractivity contribution in [2.24, 2.45) is 11.1 Å². The molecule has 0 bridgehead atoms. The molecule has 3 nitrogen and oxygen atoms in total. The minimum absolute atomic E-state index is 0.132. The van der Waals surface area contributed by atoms with Crippen LogP contribution in [0.25, 0.3) is 0 Å². The summed E-state index contributed by atoms with van der Waals surface area (Å²) >= 11 is 0. The lowest BCUT2D eigenvalue weighted by Crippen LogP contribution is -2.40. The maximum Gasteiger partial charge on any atom is 0.0749 e. The van der Waals surface area contributed by atoms with E-state index in [4.69, 9.17) is 15.2 Å². The van der Waals surface area contributed by atoms with Gasteiger partial charge >= 0.3 is 0 Å². The Hall–Kier alpha value is -0.120. The summed E-state index contributed by atoms with van der Waals surface area (Å²) in [5.41, 5.74) is 5.85. The highest BCUT2D eigenvalue weighted by Crippen LogP contribution is 2.25. The molecular weight excluding hydrogens is 178 g/mol. The van der Waals surface area contributed by atoms with Gasteiger partial charge in [0.15, 0.2) is 0 Å². The van der Waals surface area contributed by atoms with E-state index in [0.29, 0.717) is 12.6 Å². The molecule has 1 aliphatic heterocycles. The zero-order valence-electron chi connectivity index (χ0n) is 9.58. The van der Waals surface area contributed by atoms with E-state index in [1.165, 1.54) is 0 Å². The first-order valence-corrected chi connectivity index (χ1v) is 5.47. The molecule has 2 N–H and O–H groups in total. The summed E-state index contributed by atoms with van der Waals surface area (Å²) < 4.78 is 11.3. The van der Waals surface area contributed by atoms with Crippen molar-refractivity contribution in [1.82, 2.24) is 0 Å². The molecule has 0 amide bonds. The Morgan fingerprint density at radius 2 is 1.93 bits per heavy atom. The van der Waals surface area contributed by atoms with Crippen LogP contribution in [0.4, 0.5) is 0 Å². The quantitative estimate of drug-likeness (QED) is 0.753. The molecule has 1 aliphatic rings. The van der Waals surface area contributed by atoms with Gasteiger partial charge in [-0.05, 0) is 18.3 Å². The maximum absolute atomic E-state index is 6.00. The molecule has 84 valence electrons. The molecule has 1 atom stereocenters. The van der Waals surface area contributed by atoms with Gasteiger partial charge in [0.05, 0.1) is 12.2 Å². The molecule has 1 rings (SSSR count). The van der Waals surface area contributed by atoms with Gasteiger partial charge in [-0.25, -0.2) is 0 Å². The molecule has 0 spiro atoms. The third kappa shape index (κ3) is 3.56. The van der Waals surface area contributed by atoms with Crippen molar-refractivity contribution in [2.45, 2.75) is 45.8 Å². The Bertz CT molecular complexity index is 159. The van der Waals surface area contributed by atoms with Crippen LogP contribution in [-0.4, -0.2) is 32.0 Å². The van der Waals surface area contributed by atoms with Crippen LogP contribution in [0.3, 0.4) is 0 Å². The second-order valence-electron chi connectivity index (χ2n) is 5.04. The van der Waals surface area contributed by atoms with Crippen molar-refractivity contribution in [3.05, 3.63) is 0 Å². The van der Waals surface area contributed by atoms with Gasteiger partial charge in [0, 0.05) is 19.8 Å². The summed E-state index contributed by atoms with van der Waals surface area (Å²) in [5, 5.41) is 0. The SMILES string of the molecule is CC(C)(C)C(CN)OC1CCOCC1. The van der Waals surface area contributed by atoms with Crippen molar-refractivity contribution in [2.75, 3.05) is 19.8 Å². The van der Waals surface area contributed by atoms with Crippen molar-refractivity contribution < 1.29 is 9.47 Å². The summed E-state index contributed by atoms with van der Waals surface area (Å²) in [4.78, 5) is 0. The maximum atomic E-state index is 6.00. The molecule has 0 saturated carbocycles. The monoisotopic (exact) mass is 201 g/mol. The summed E-state index contributed by atoms with van der Waals surface area (Å²) in [6.07, 6.45) is 2.52. The first-order valence-electron chi connectivity index (χ1n) is 5.47. The van der Waals surface area contributed by atoms with E-state index in [1.807, 2.05) is 0 Å². The van der Waals surface area contributed by atoms with Crippen LogP contribution in [0, 0.1) is 5.41 Å². The largest absolute Gasteiger partial charge is 0.381 e. The Balaban J connectivity index is 2.39. The number of nitrogens with two attached hydrogens (primary N) is 1. The van der Waals surface area contributed by atoms with Gasteiger partial charge in [-0.3, -0.25) is 0 Å². The van der Waals surface area contributed by atoms with Crippen molar-refractivity contribution in [1.29, 1.82) is 0 Å². The molecule has 1 fully saturated rings. The van der Waals surface area contributed by atoms with Crippen molar-refractivity contribution in [3.63, 3.8) is 0 Å². The first kappa shape index (κ1) is 12.0. The first-order chi connectivity index (χ1) is 6.54. The van der Waals surface area contributed by atoms with E-state index in [9.17, 15) is 0 Å². The van der Waals surface area contributed by atoms with E-state index in [0.717, 1.165) is 26.1 Å². The summed E-state index contributed by atoms with van der Waals surface area (Å²) in [6, 6.07) is 0. The molecule has 14 heavy (non-hydrogen) atoms. The normalized spacial score (nSPS) is 22.3. The molecular formula is C11H23NO2. The number of ether oxygens (including phenoxy) is 2. The predicted molar refractivity (Wildman–Crippen MR) is 57.2 cm³/mol. The van der Waals surface area contributed by atoms with Crippen molar-refractivity contribution >= 4 is 0 Å². The molecule has 3 heteroatoms. The molecule has 0 aromatic heterocycles. The molecule has 0 aromatic carbocycles. The standard InChI is InChI=1S/C11H23NO2/c1-11(2,3)10(8-12)14-9-4-6-13-7-5-9/h9-10H,4-8,12H2,1-3H3. The fourth-order valence-corrected chi connectivity index (χ4v) is 1.66. The fraction of sp³-hybridized carbons (Fsp3) is 1.00. The second-order valence-corrected chi connectivity index (χ2v) is 5.04. The summed E-state index contributed by atoms with van der Waals surface area (Å²) in [5.74, 6) is 0. The van der Waals surface area contributed by atoms with E-state index in [1.54, 1.807) is 0 Å². The molecule has 1 heterocycles. The van der Waals surface area contributed by atoms with Gasteiger partial charge in [-0.2, -0.15) is 0 Å². The predicted octanol–water partition coefficient (Wildman–Crippen LogP) is 1.56. The lowest BCUT2D eigenvalue weighted by molar-refractivity contribution is -0.0983. The van der Waals surface area contributed by atoms with Crippen LogP contribution in [0.1, 0.15) is 33.6 Å². The van der Waals surface area contributed by atoms with Crippen LogP contribution in [-0.2, 0) is 9.47 Å². The van der Waals surface area contributed by atoms with Crippen LogP contribution in [0.15, 0.2) is 0 Å². The van der Waals surface area contributed by atoms with Crippen LogP contribution in [0.2, 0.25) is 0 Å². The Morgan fingerprint density at radius 3 is 2.36 bits per heavy atom. The molecule has 1 saturated heterocycles. The second kappa shape index (κ2) is 5.10. The summed E-state index contributed by atoms with van der Waals surface area (Å²) in [6.45, 7) is 8.76. The van der Waals surface area contributed by atoms with Gasteiger partial charge in [0.2, 0.25) is 0 Å². The van der Waals surface area contributed by atoms with E-state index >= 15 is 0 Å².